The van der Waals surface area contributed by atoms with Gasteiger partial charge in [0.1, 0.15) is 12.1 Å². The van der Waals surface area contributed by atoms with Gasteiger partial charge >= 0.3 is 0 Å². The van der Waals surface area contributed by atoms with Crippen molar-refractivity contribution < 1.29 is 30.0 Å². The molecule has 1 rings (SSSR count). The Bertz CT molecular complexity index is 1530. The summed E-state index contributed by atoms with van der Waals surface area (Å²) >= 11 is 0. The molecule has 10 heteroatoms. The zero-order valence-corrected chi connectivity index (χ0v) is 46.6. The molecule has 0 bridgehead atoms. The minimum absolute atomic E-state index is 0.169. The molecule has 1 aliphatic heterocycles. The van der Waals surface area contributed by atoms with Gasteiger partial charge in [0.25, 0.3) is 0 Å². The molecule has 6 N–H and O–H groups in total. The standard InChI is InChI=1S/C64H104N4O6/c1-5-9-13-17-21-25-29-33-37-45-57(69)53-67(54-58(70)46-38-34-30-26-22-18-14-10-6-2)51-43-41-49-61-63(73)66-62(64(74)65-61)50-42-44-52-68(55-59(71)47-39-35-31-27-23-19-15-11-7-3)56-60(72)48-40-36-32-28-24-20-16-12-8-4/h9-16,21-28,33-40,57-62,69-72H,5-8,17-20,29-32,41-56H2,1-4H3,(H,65,74)(H,66,73)/b13-9-,14-10-,15-11-,16-12-,25-21-,26-22-,27-23-,28-24-,37-33-,38-34-,39-35-,40-36-. The van der Waals surface area contributed by atoms with Crippen LogP contribution in [0.4, 0.5) is 0 Å². The van der Waals surface area contributed by atoms with Gasteiger partial charge in [0, 0.05) is 26.2 Å². The molecule has 0 saturated carbocycles. The highest BCUT2D eigenvalue weighted by molar-refractivity contribution is 5.96. The van der Waals surface area contributed by atoms with Gasteiger partial charge in [-0.25, -0.2) is 0 Å². The highest BCUT2D eigenvalue weighted by Gasteiger charge is 2.33. The number of amides is 2. The van der Waals surface area contributed by atoms with Gasteiger partial charge in [-0.15, -0.1) is 0 Å². The lowest BCUT2D eigenvalue weighted by Gasteiger charge is -2.31. The quantitative estimate of drug-likeness (QED) is 0.0261. The van der Waals surface area contributed by atoms with E-state index in [-0.39, 0.29) is 11.8 Å². The van der Waals surface area contributed by atoms with Gasteiger partial charge in [0.05, 0.1) is 24.4 Å². The van der Waals surface area contributed by atoms with Crippen molar-refractivity contribution in [2.45, 2.75) is 205 Å². The van der Waals surface area contributed by atoms with Crippen LogP contribution in [-0.4, -0.2) is 118 Å². The van der Waals surface area contributed by atoms with Crippen LogP contribution in [0.5, 0.6) is 0 Å². The van der Waals surface area contributed by atoms with Crippen molar-refractivity contribution in [3.05, 3.63) is 146 Å². The Kier molecular flexibility index (Phi) is 45.2. The zero-order valence-electron chi connectivity index (χ0n) is 46.6. The lowest BCUT2D eigenvalue weighted by molar-refractivity contribution is -0.137. The summed E-state index contributed by atoms with van der Waals surface area (Å²) < 4.78 is 0. The largest absolute Gasteiger partial charge is 0.391 e. The number of carbonyl (C=O) groups is 2. The third-order valence-corrected chi connectivity index (χ3v) is 12.3. The SMILES string of the molecule is CC/C=C\C/C=C\C/C=C\CC(O)CN(CCCCC1NC(=O)C(CCCCN(CC(O)C/C=C\C/C=C\C/C=C\CC)CC(O)C/C=C\C/C=C\C/C=C\CC)NC1=O)CC(O)C/C=C\C/C=C\C/C=C\CC. The maximum atomic E-state index is 13.3. The van der Waals surface area contributed by atoms with Crippen molar-refractivity contribution in [3.63, 3.8) is 0 Å². The molecule has 0 aromatic heterocycles. The summed E-state index contributed by atoms with van der Waals surface area (Å²) in [5, 5.41) is 49.9. The summed E-state index contributed by atoms with van der Waals surface area (Å²) in [7, 11) is 0. The van der Waals surface area contributed by atoms with E-state index in [1.165, 1.54) is 0 Å². The molecule has 1 aliphatic rings. The summed E-state index contributed by atoms with van der Waals surface area (Å²) in [5.41, 5.74) is 0. The number of carbonyl (C=O) groups excluding carboxylic acids is 2. The minimum atomic E-state index is -0.605. The first-order chi connectivity index (χ1) is 36.1. The van der Waals surface area contributed by atoms with Gasteiger partial charge in [-0.1, -0.05) is 174 Å². The average molecular weight is 1030 g/mol. The van der Waals surface area contributed by atoms with E-state index in [0.29, 0.717) is 90.6 Å². The predicted molar refractivity (Wildman–Crippen MR) is 315 cm³/mol. The van der Waals surface area contributed by atoms with Crippen molar-refractivity contribution in [1.82, 2.24) is 20.4 Å². The number of piperazine rings is 1. The second-order valence-corrected chi connectivity index (χ2v) is 19.4. The van der Waals surface area contributed by atoms with Crippen LogP contribution < -0.4 is 10.6 Å². The smallest absolute Gasteiger partial charge is 0.243 e. The molecular weight excluding hydrogens is 921 g/mol. The number of aliphatic hydroxyl groups excluding tert-OH is 4. The lowest BCUT2D eigenvalue weighted by atomic mass is 10.0. The fourth-order valence-corrected chi connectivity index (χ4v) is 8.30. The molecule has 10 nitrogen and oxygen atoms in total. The first-order valence-corrected chi connectivity index (χ1v) is 28.7. The van der Waals surface area contributed by atoms with Crippen LogP contribution >= 0.6 is 0 Å². The number of hydrogen-bond donors (Lipinski definition) is 6. The topological polar surface area (TPSA) is 146 Å². The van der Waals surface area contributed by atoms with Gasteiger partial charge in [0.2, 0.25) is 11.8 Å². The molecule has 6 unspecified atom stereocenters. The number of aliphatic hydroxyl groups is 4. The van der Waals surface area contributed by atoms with E-state index in [2.05, 4.69) is 170 Å². The van der Waals surface area contributed by atoms with Crippen molar-refractivity contribution in [3.8, 4) is 0 Å². The maximum Gasteiger partial charge on any atom is 0.243 e. The highest BCUT2D eigenvalue weighted by Crippen LogP contribution is 2.14. The molecule has 2 amide bonds. The number of nitrogens with zero attached hydrogens (tertiary/aromatic N) is 2. The van der Waals surface area contributed by atoms with Crippen LogP contribution in [0.1, 0.15) is 169 Å². The fraction of sp³-hybridized carbons (Fsp3) is 0.594. The van der Waals surface area contributed by atoms with E-state index >= 15 is 0 Å². The number of nitrogens with one attached hydrogen (secondary N) is 2. The van der Waals surface area contributed by atoms with E-state index in [1.54, 1.807) is 0 Å². The third kappa shape index (κ3) is 40.9. The van der Waals surface area contributed by atoms with Gasteiger partial charge in [0.15, 0.2) is 0 Å². The van der Waals surface area contributed by atoms with Gasteiger partial charge < -0.3 is 31.1 Å². The molecule has 0 aromatic carbocycles. The van der Waals surface area contributed by atoms with Crippen molar-refractivity contribution in [2.24, 2.45) is 0 Å². The number of rotatable bonds is 46. The van der Waals surface area contributed by atoms with Crippen molar-refractivity contribution in [2.75, 3.05) is 39.3 Å². The molecule has 0 aromatic rings. The highest BCUT2D eigenvalue weighted by atomic mass is 16.3. The summed E-state index contributed by atoms with van der Waals surface area (Å²) in [5.74, 6) is -0.339. The summed E-state index contributed by atoms with van der Waals surface area (Å²) in [6.45, 7) is 11.5. The Morgan fingerprint density at radius 3 is 0.797 bits per heavy atom. The second kappa shape index (κ2) is 49.5. The molecule has 1 heterocycles. The third-order valence-electron chi connectivity index (χ3n) is 12.3. The van der Waals surface area contributed by atoms with Crippen LogP contribution in [0.3, 0.4) is 0 Å². The first kappa shape index (κ1) is 67.6. The Labute approximate surface area is 451 Å². The molecule has 416 valence electrons. The lowest BCUT2D eigenvalue weighted by Crippen LogP contribution is -2.61. The number of unbranched alkanes of at least 4 members (excludes halogenated alkanes) is 2. The molecule has 74 heavy (non-hydrogen) atoms. The van der Waals surface area contributed by atoms with E-state index in [0.717, 1.165) is 89.9 Å². The molecule has 0 radical (unpaired) electrons. The van der Waals surface area contributed by atoms with E-state index < -0.39 is 36.5 Å². The normalized spacial score (nSPS) is 18.1. The fourth-order valence-electron chi connectivity index (χ4n) is 8.30. The average Bonchev–Trinajstić information content (AvgIpc) is 3.37. The summed E-state index contributed by atoms with van der Waals surface area (Å²) in [6, 6.07) is -1.21. The van der Waals surface area contributed by atoms with Crippen LogP contribution in [-0.2, 0) is 9.59 Å². The van der Waals surface area contributed by atoms with Crippen molar-refractivity contribution >= 4 is 11.8 Å². The maximum absolute atomic E-state index is 13.3. The first-order valence-electron chi connectivity index (χ1n) is 28.7. The van der Waals surface area contributed by atoms with Crippen LogP contribution in [0.25, 0.3) is 0 Å². The molecule has 1 saturated heterocycles. The zero-order chi connectivity index (χ0) is 54.0. The van der Waals surface area contributed by atoms with Gasteiger partial charge in [-0.05, 0) is 154 Å². The molecule has 0 aliphatic carbocycles. The van der Waals surface area contributed by atoms with Crippen LogP contribution in [0.2, 0.25) is 0 Å². The number of allylic oxidation sites excluding steroid dienone is 20. The predicted octanol–water partition coefficient (Wildman–Crippen LogP) is 12.4. The molecule has 0 spiro atoms. The van der Waals surface area contributed by atoms with Crippen molar-refractivity contribution in [1.29, 1.82) is 0 Å². The Morgan fingerprint density at radius 1 is 0.351 bits per heavy atom. The van der Waals surface area contributed by atoms with E-state index in [9.17, 15) is 30.0 Å². The van der Waals surface area contributed by atoms with Gasteiger partial charge in [-0.2, -0.15) is 0 Å². The minimum Gasteiger partial charge on any atom is -0.391 e. The van der Waals surface area contributed by atoms with E-state index in [4.69, 9.17) is 0 Å². The molecule has 6 atom stereocenters. The second-order valence-electron chi connectivity index (χ2n) is 19.4. The van der Waals surface area contributed by atoms with E-state index in [1.807, 2.05) is 24.3 Å². The molecule has 1 fully saturated rings. The molecular formula is C64H104N4O6. The number of hydrogen-bond acceptors (Lipinski definition) is 8. The van der Waals surface area contributed by atoms with Crippen LogP contribution in [0.15, 0.2) is 146 Å². The monoisotopic (exact) mass is 1020 g/mol. The van der Waals surface area contributed by atoms with Crippen LogP contribution in [0, 0.1) is 0 Å². The Hall–Kier alpha value is -4.42. The Balaban J connectivity index is 2.75. The summed E-state index contributed by atoms with van der Waals surface area (Å²) in [4.78, 5) is 30.8. The Morgan fingerprint density at radius 2 is 0.568 bits per heavy atom. The summed E-state index contributed by atoms with van der Waals surface area (Å²) in [6.07, 6.45) is 65.7. The van der Waals surface area contributed by atoms with Gasteiger partial charge in [-0.3, -0.25) is 19.4 Å².